The maximum absolute atomic E-state index is 12.8. The van der Waals surface area contributed by atoms with E-state index in [2.05, 4.69) is 19.6 Å². The molecule has 0 radical (unpaired) electrons. The molecule has 1 atom stereocenters. The maximum Gasteiger partial charge on any atom is 0.412 e. The summed E-state index contributed by atoms with van der Waals surface area (Å²) >= 11 is 1.05. The van der Waals surface area contributed by atoms with Crippen molar-refractivity contribution in [3.63, 3.8) is 0 Å². The average Bonchev–Trinajstić information content (AvgIpc) is 3.17. The topological polar surface area (TPSA) is 123 Å². The number of nitrogens with two attached hydrogens (primary N) is 1. The van der Waals surface area contributed by atoms with Gasteiger partial charge in [0.1, 0.15) is 22.8 Å². The number of carbonyl (C=O) groups excluding carboxylic acids is 2. The van der Waals surface area contributed by atoms with Gasteiger partial charge in [-0.05, 0) is 29.5 Å². The smallest absolute Gasteiger partial charge is 0.412 e. The zero-order valence-corrected chi connectivity index (χ0v) is 18.9. The molecule has 1 saturated heterocycles. The first-order valence-corrected chi connectivity index (χ1v) is 11.1. The summed E-state index contributed by atoms with van der Waals surface area (Å²) in [5.74, 6) is 0.247. The van der Waals surface area contributed by atoms with Gasteiger partial charge in [0.05, 0.1) is 7.11 Å². The van der Waals surface area contributed by atoms with E-state index in [0.29, 0.717) is 37.7 Å². The molecule has 3 amide bonds. The molecule has 4 rings (SSSR count). The number of primary amides is 1. The molecule has 0 saturated carbocycles. The number of methoxy groups -OCH3 is 1. The third-order valence-corrected chi connectivity index (χ3v) is 6.24. The first-order chi connectivity index (χ1) is 16.4. The SMILES string of the molecule is COc1ncnc2c1N(C(N)=O)C(OC(=O)N1CCN(Cc3cccc(OC(F)F)c3)CC1)S2. The number of urea groups is 1. The first kappa shape index (κ1) is 23.8. The van der Waals surface area contributed by atoms with E-state index in [4.69, 9.17) is 15.2 Å². The average molecular weight is 496 g/mol. The van der Waals surface area contributed by atoms with E-state index in [9.17, 15) is 18.4 Å². The van der Waals surface area contributed by atoms with E-state index in [0.717, 1.165) is 22.2 Å². The summed E-state index contributed by atoms with van der Waals surface area (Å²) < 4.78 is 40.0. The largest absolute Gasteiger partial charge is 0.479 e. The minimum atomic E-state index is -2.88. The fraction of sp³-hybridized carbons (Fsp3) is 0.400. The third-order valence-electron chi connectivity index (χ3n) is 5.21. The zero-order chi connectivity index (χ0) is 24.2. The summed E-state index contributed by atoms with van der Waals surface area (Å²) in [6.45, 7) is -0.496. The van der Waals surface area contributed by atoms with Gasteiger partial charge in [0.2, 0.25) is 11.4 Å². The number of ether oxygens (including phenoxy) is 3. The number of thioether (sulfide) groups is 1. The lowest BCUT2D eigenvalue weighted by atomic mass is 10.2. The van der Waals surface area contributed by atoms with Crippen molar-refractivity contribution in [1.29, 1.82) is 0 Å². The molecule has 3 heterocycles. The maximum atomic E-state index is 12.8. The first-order valence-electron chi connectivity index (χ1n) is 10.2. The van der Waals surface area contributed by atoms with Gasteiger partial charge in [-0.3, -0.25) is 4.90 Å². The standard InChI is InChI=1S/C20H22F2N6O5S/c1-31-15-14-16(25-11-24-15)34-20(28(14)18(23)29)33-19(30)27-7-5-26(6-8-27)10-12-3-2-4-13(9-12)32-17(21)22/h2-4,9,11,17,20H,5-8,10H2,1H3,(H2,23,29). The van der Waals surface area contributed by atoms with E-state index >= 15 is 0 Å². The minimum absolute atomic E-state index is 0.102. The molecule has 2 aliphatic rings. The molecule has 11 nitrogen and oxygen atoms in total. The highest BCUT2D eigenvalue weighted by Crippen LogP contribution is 2.46. The Kier molecular flexibility index (Phi) is 7.17. The van der Waals surface area contributed by atoms with Crippen molar-refractivity contribution in [2.75, 3.05) is 38.2 Å². The van der Waals surface area contributed by atoms with Crippen LogP contribution in [-0.4, -0.2) is 77.4 Å². The number of alkyl halides is 2. The lowest BCUT2D eigenvalue weighted by molar-refractivity contribution is -0.0499. The van der Waals surface area contributed by atoms with Gasteiger partial charge in [-0.1, -0.05) is 12.1 Å². The fourth-order valence-electron chi connectivity index (χ4n) is 3.66. The molecule has 1 unspecified atom stereocenters. The quantitative estimate of drug-likeness (QED) is 0.600. The Balaban J connectivity index is 1.33. The van der Waals surface area contributed by atoms with Gasteiger partial charge in [0.15, 0.2) is 0 Å². The lowest BCUT2D eigenvalue weighted by Gasteiger charge is -2.35. The summed E-state index contributed by atoms with van der Waals surface area (Å²) in [6.07, 6.45) is 0.679. The van der Waals surface area contributed by atoms with Crippen molar-refractivity contribution in [1.82, 2.24) is 19.8 Å². The van der Waals surface area contributed by atoms with Crippen molar-refractivity contribution in [2.45, 2.75) is 23.7 Å². The highest BCUT2D eigenvalue weighted by Gasteiger charge is 2.41. The van der Waals surface area contributed by atoms with Gasteiger partial charge >= 0.3 is 18.7 Å². The number of aromatic nitrogens is 2. The second-order valence-electron chi connectivity index (χ2n) is 7.34. The van der Waals surface area contributed by atoms with Gasteiger partial charge in [-0.25, -0.2) is 19.5 Å². The predicted octanol–water partition coefficient (Wildman–Crippen LogP) is 2.32. The molecular formula is C20H22F2N6O5S. The number of benzene rings is 1. The lowest BCUT2D eigenvalue weighted by Crippen LogP contribution is -2.50. The number of carbonyl (C=O) groups is 2. The summed E-state index contributed by atoms with van der Waals surface area (Å²) in [5.41, 5.74) is 5.54. The summed E-state index contributed by atoms with van der Waals surface area (Å²) in [5, 5.41) is 0.409. The van der Waals surface area contributed by atoms with Gasteiger partial charge in [-0.2, -0.15) is 13.8 Å². The van der Waals surface area contributed by atoms with Crippen LogP contribution in [0.15, 0.2) is 35.6 Å². The van der Waals surface area contributed by atoms with Crippen molar-refractivity contribution in [3.05, 3.63) is 36.2 Å². The van der Waals surface area contributed by atoms with Crippen LogP contribution < -0.4 is 20.1 Å². The molecule has 0 aliphatic carbocycles. The van der Waals surface area contributed by atoms with E-state index in [1.807, 2.05) is 6.07 Å². The van der Waals surface area contributed by atoms with E-state index in [1.165, 1.54) is 24.4 Å². The molecule has 1 aromatic carbocycles. The Morgan fingerprint density at radius 3 is 2.68 bits per heavy atom. The molecule has 14 heteroatoms. The molecule has 1 aromatic heterocycles. The van der Waals surface area contributed by atoms with Crippen LogP contribution in [0.1, 0.15) is 5.56 Å². The molecule has 0 spiro atoms. The number of fused-ring (bicyclic) bond motifs is 1. The van der Waals surface area contributed by atoms with Crippen molar-refractivity contribution in [3.8, 4) is 11.6 Å². The number of hydrogen-bond donors (Lipinski definition) is 1. The molecule has 1 fully saturated rings. The molecule has 2 aromatic rings. The van der Waals surface area contributed by atoms with Crippen LogP contribution in [0.3, 0.4) is 0 Å². The Hall–Kier alpha value is -3.39. The summed E-state index contributed by atoms with van der Waals surface area (Å²) in [7, 11) is 1.40. The Bertz CT molecular complexity index is 1060. The predicted molar refractivity (Wildman–Crippen MR) is 117 cm³/mol. The highest BCUT2D eigenvalue weighted by molar-refractivity contribution is 8.00. The van der Waals surface area contributed by atoms with Crippen LogP contribution in [0.4, 0.5) is 24.1 Å². The summed E-state index contributed by atoms with van der Waals surface area (Å²) in [6, 6.07) is 5.68. The van der Waals surface area contributed by atoms with Gasteiger partial charge in [0.25, 0.3) is 0 Å². The van der Waals surface area contributed by atoms with Gasteiger partial charge in [-0.15, -0.1) is 0 Å². The van der Waals surface area contributed by atoms with E-state index in [-0.39, 0.29) is 17.3 Å². The van der Waals surface area contributed by atoms with Crippen LogP contribution in [0.2, 0.25) is 0 Å². The third kappa shape index (κ3) is 5.22. The number of hydrogen-bond acceptors (Lipinski definition) is 9. The second-order valence-corrected chi connectivity index (χ2v) is 8.37. The van der Waals surface area contributed by atoms with Crippen molar-refractivity contribution >= 4 is 29.6 Å². The Morgan fingerprint density at radius 2 is 2.00 bits per heavy atom. The molecule has 182 valence electrons. The molecular weight excluding hydrogens is 474 g/mol. The van der Waals surface area contributed by atoms with E-state index < -0.39 is 24.3 Å². The van der Waals surface area contributed by atoms with Crippen molar-refractivity contribution < 1.29 is 32.6 Å². The molecule has 2 N–H and O–H groups in total. The monoisotopic (exact) mass is 496 g/mol. The molecule has 0 bridgehead atoms. The molecule has 2 aliphatic heterocycles. The normalized spacial score (nSPS) is 18.1. The van der Waals surface area contributed by atoms with Crippen LogP contribution >= 0.6 is 11.8 Å². The minimum Gasteiger partial charge on any atom is -0.479 e. The highest BCUT2D eigenvalue weighted by atomic mass is 32.2. The van der Waals surface area contributed by atoms with Gasteiger partial charge in [0, 0.05) is 32.7 Å². The van der Waals surface area contributed by atoms with Gasteiger partial charge < -0.3 is 24.8 Å². The van der Waals surface area contributed by atoms with Crippen LogP contribution in [0.5, 0.6) is 11.6 Å². The summed E-state index contributed by atoms with van der Waals surface area (Å²) in [4.78, 5) is 37.6. The molecule has 34 heavy (non-hydrogen) atoms. The van der Waals surface area contributed by atoms with E-state index in [1.54, 1.807) is 12.1 Å². The number of amides is 3. The fourth-order valence-corrected chi connectivity index (χ4v) is 4.70. The second kappa shape index (κ2) is 10.3. The number of anilines is 1. The van der Waals surface area contributed by atoms with Crippen molar-refractivity contribution in [2.24, 2.45) is 5.73 Å². The Morgan fingerprint density at radius 1 is 1.24 bits per heavy atom. The van der Waals surface area contributed by atoms with Crippen LogP contribution in [-0.2, 0) is 11.3 Å². The van der Waals surface area contributed by atoms with Crippen LogP contribution in [0.25, 0.3) is 0 Å². The number of halogens is 2. The zero-order valence-electron chi connectivity index (χ0n) is 18.1. The van der Waals surface area contributed by atoms with Crippen LogP contribution in [0, 0.1) is 0 Å². The number of piperazine rings is 1. The number of rotatable bonds is 6. The Labute approximate surface area is 197 Å². The number of nitrogens with zero attached hydrogens (tertiary/aromatic N) is 5.